The molecule has 0 spiro atoms. The van der Waals surface area contributed by atoms with E-state index in [1.165, 1.54) is 11.2 Å². The van der Waals surface area contributed by atoms with Crippen molar-refractivity contribution in [2.75, 3.05) is 31.1 Å². The van der Waals surface area contributed by atoms with Gasteiger partial charge in [0.25, 0.3) is 11.8 Å². The van der Waals surface area contributed by atoms with E-state index in [2.05, 4.69) is 0 Å². The Morgan fingerprint density at radius 2 is 1.85 bits per heavy atom. The number of benzene rings is 1. The van der Waals surface area contributed by atoms with Crippen molar-refractivity contribution in [3.05, 3.63) is 53.4 Å². The van der Waals surface area contributed by atoms with E-state index in [-0.39, 0.29) is 24.1 Å². The molecule has 27 heavy (non-hydrogen) atoms. The normalized spacial score (nSPS) is 21.1. The molecule has 8 heteroatoms. The number of hydrogen-bond donors (Lipinski definition) is 0. The molecule has 0 saturated carbocycles. The number of halogens is 1. The van der Waals surface area contributed by atoms with Crippen LogP contribution in [-0.2, 0) is 9.59 Å². The van der Waals surface area contributed by atoms with Crippen LogP contribution in [0.25, 0.3) is 0 Å². The van der Waals surface area contributed by atoms with Gasteiger partial charge in [0.05, 0.1) is 24.4 Å². The lowest BCUT2D eigenvalue weighted by molar-refractivity contribution is -0.123. The number of amides is 3. The van der Waals surface area contributed by atoms with Crippen LogP contribution in [0, 0.1) is 0 Å². The van der Waals surface area contributed by atoms with E-state index in [0.717, 1.165) is 0 Å². The number of rotatable bonds is 3. The minimum atomic E-state index is -0.502. The van der Waals surface area contributed by atoms with E-state index in [1.54, 1.807) is 41.3 Å². The molecule has 1 aromatic heterocycles. The summed E-state index contributed by atoms with van der Waals surface area (Å²) < 4.78 is 5.16. The molecule has 3 amide bonds. The molecule has 0 N–H and O–H groups in total. The second-order valence-corrected chi connectivity index (χ2v) is 7.01. The lowest BCUT2D eigenvalue weighted by Crippen LogP contribution is -2.53. The Balaban J connectivity index is 1.42. The first-order valence-electron chi connectivity index (χ1n) is 8.74. The van der Waals surface area contributed by atoms with Crippen molar-refractivity contribution in [2.45, 2.75) is 12.5 Å². The van der Waals surface area contributed by atoms with Crippen molar-refractivity contribution in [1.82, 2.24) is 9.80 Å². The Bertz CT molecular complexity index is 875. The summed E-state index contributed by atoms with van der Waals surface area (Å²) in [6.45, 7) is 2.02. The van der Waals surface area contributed by atoms with Crippen LogP contribution in [0.5, 0.6) is 0 Å². The number of piperazine rings is 1. The SMILES string of the molecule is O=C(c1ccco1)N1CCN([C@@H]2CC(=O)N(c3cccc(Cl)c3)C2=O)CC1. The highest BCUT2D eigenvalue weighted by atomic mass is 35.5. The largest absolute Gasteiger partial charge is 0.459 e. The molecule has 2 aliphatic rings. The molecule has 3 heterocycles. The molecule has 0 radical (unpaired) electrons. The van der Waals surface area contributed by atoms with Crippen molar-refractivity contribution in [2.24, 2.45) is 0 Å². The summed E-state index contributed by atoms with van der Waals surface area (Å²) in [6, 6.07) is 9.53. The minimum Gasteiger partial charge on any atom is -0.459 e. The Kier molecular flexibility index (Phi) is 4.72. The molecule has 2 fully saturated rings. The van der Waals surface area contributed by atoms with Gasteiger partial charge in [0.2, 0.25) is 5.91 Å². The minimum absolute atomic E-state index is 0.136. The number of furan rings is 1. The van der Waals surface area contributed by atoms with Crippen molar-refractivity contribution in [1.29, 1.82) is 0 Å². The summed E-state index contributed by atoms with van der Waals surface area (Å²) in [5.74, 6) is -0.328. The predicted molar refractivity (Wildman–Crippen MR) is 98.5 cm³/mol. The molecule has 7 nitrogen and oxygen atoms in total. The molecule has 4 rings (SSSR count). The lowest BCUT2D eigenvalue weighted by Gasteiger charge is -2.36. The van der Waals surface area contributed by atoms with Crippen molar-refractivity contribution >= 4 is 35.0 Å². The molecule has 0 bridgehead atoms. The van der Waals surface area contributed by atoms with Crippen molar-refractivity contribution < 1.29 is 18.8 Å². The number of hydrogen-bond acceptors (Lipinski definition) is 5. The average molecular weight is 388 g/mol. The molecular formula is C19H18ClN3O4. The summed E-state index contributed by atoms with van der Waals surface area (Å²) in [7, 11) is 0. The van der Waals surface area contributed by atoms with Gasteiger partial charge in [-0.25, -0.2) is 4.90 Å². The molecule has 2 aliphatic heterocycles. The molecule has 2 aromatic rings. The zero-order valence-corrected chi connectivity index (χ0v) is 15.3. The second kappa shape index (κ2) is 7.17. The van der Waals surface area contributed by atoms with Gasteiger partial charge in [-0.1, -0.05) is 17.7 Å². The fraction of sp³-hybridized carbons (Fsp3) is 0.316. The van der Waals surface area contributed by atoms with Gasteiger partial charge in [-0.15, -0.1) is 0 Å². The monoisotopic (exact) mass is 387 g/mol. The first-order chi connectivity index (χ1) is 13.0. The smallest absolute Gasteiger partial charge is 0.289 e. The van der Waals surface area contributed by atoms with Gasteiger partial charge < -0.3 is 9.32 Å². The fourth-order valence-corrected chi connectivity index (χ4v) is 3.76. The Labute approximate surface area is 161 Å². The average Bonchev–Trinajstić information content (AvgIpc) is 3.30. The summed E-state index contributed by atoms with van der Waals surface area (Å²) in [4.78, 5) is 42.5. The molecular weight excluding hydrogens is 370 g/mol. The summed E-state index contributed by atoms with van der Waals surface area (Å²) >= 11 is 5.99. The topological polar surface area (TPSA) is 74.1 Å². The molecule has 0 unspecified atom stereocenters. The van der Waals surface area contributed by atoms with Crippen LogP contribution in [0.3, 0.4) is 0 Å². The van der Waals surface area contributed by atoms with Gasteiger partial charge in [-0.2, -0.15) is 0 Å². The van der Waals surface area contributed by atoms with E-state index < -0.39 is 6.04 Å². The van der Waals surface area contributed by atoms with Gasteiger partial charge in [0.15, 0.2) is 5.76 Å². The van der Waals surface area contributed by atoms with Gasteiger partial charge in [-0.05, 0) is 30.3 Å². The third-order valence-corrected chi connectivity index (χ3v) is 5.20. The Morgan fingerprint density at radius 3 is 2.52 bits per heavy atom. The molecule has 140 valence electrons. The van der Waals surface area contributed by atoms with Gasteiger partial charge in [0.1, 0.15) is 0 Å². The van der Waals surface area contributed by atoms with Crippen LogP contribution in [0.1, 0.15) is 17.0 Å². The number of carbonyl (C=O) groups is 3. The van der Waals surface area contributed by atoms with Crippen LogP contribution >= 0.6 is 11.6 Å². The fourth-order valence-electron chi connectivity index (χ4n) is 3.58. The third kappa shape index (κ3) is 3.36. The van der Waals surface area contributed by atoms with Gasteiger partial charge >= 0.3 is 0 Å². The number of imide groups is 1. The summed E-state index contributed by atoms with van der Waals surface area (Å²) in [6.07, 6.45) is 1.61. The van der Waals surface area contributed by atoms with Crippen LogP contribution in [-0.4, -0.2) is 59.7 Å². The maximum Gasteiger partial charge on any atom is 0.289 e. The lowest BCUT2D eigenvalue weighted by atomic mass is 10.1. The highest BCUT2D eigenvalue weighted by Gasteiger charge is 2.43. The Hall–Kier alpha value is -2.64. The van der Waals surface area contributed by atoms with Gasteiger partial charge in [0, 0.05) is 31.2 Å². The number of anilines is 1. The van der Waals surface area contributed by atoms with Gasteiger partial charge in [-0.3, -0.25) is 19.3 Å². The first kappa shape index (κ1) is 17.8. The van der Waals surface area contributed by atoms with Crippen LogP contribution < -0.4 is 4.90 Å². The van der Waals surface area contributed by atoms with E-state index in [4.69, 9.17) is 16.0 Å². The number of nitrogens with zero attached hydrogens (tertiary/aromatic N) is 3. The molecule has 1 aromatic carbocycles. The predicted octanol–water partition coefficient (Wildman–Crippen LogP) is 2.02. The molecule has 2 saturated heterocycles. The zero-order valence-electron chi connectivity index (χ0n) is 14.5. The maximum atomic E-state index is 12.9. The standard InChI is InChI=1S/C19H18ClN3O4/c20-13-3-1-4-14(11-13)23-17(24)12-15(18(23)25)21-6-8-22(9-7-21)19(26)16-5-2-10-27-16/h1-5,10-11,15H,6-9,12H2/t15-/m1/s1. The number of carbonyl (C=O) groups excluding carboxylic acids is 3. The highest BCUT2D eigenvalue weighted by molar-refractivity contribution is 6.31. The van der Waals surface area contributed by atoms with Crippen molar-refractivity contribution in [3.63, 3.8) is 0 Å². The van der Waals surface area contributed by atoms with E-state index >= 15 is 0 Å². The van der Waals surface area contributed by atoms with E-state index in [1.807, 2.05) is 4.90 Å². The second-order valence-electron chi connectivity index (χ2n) is 6.57. The Morgan fingerprint density at radius 1 is 1.07 bits per heavy atom. The molecule has 0 aliphatic carbocycles. The third-order valence-electron chi connectivity index (χ3n) is 4.96. The molecule has 1 atom stereocenters. The van der Waals surface area contributed by atoms with Crippen LogP contribution in [0.4, 0.5) is 5.69 Å². The van der Waals surface area contributed by atoms with Crippen LogP contribution in [0.2, 0.25) is 5.02 Å². The summed E-state index contributed by atoms with van der Waals surface area (Å²) in [5, 5.41) is 0.474. The maximum absolute atomic E-state index is 12.9. The van der Waals surface area contributed by atoms with Crippen LogP contribution in [0.15, 0.2) is 47.1 Å². The quantitative estimate of drug-likeness (QED) is 0.753. The van der Waals surface area contributed by atoms with Crippen molar-refractivity contribution in [3.8, 4) is 0 Å². The zero-order chi connectivity index (χ0) is 19.0. The summed E-state index contributed by atoms with van der Waals surface area (Å²) in [5.41, 5.74) is 0.492. The van der Waals surface area contributed by atoms with E-state index in [0.29, 0.717) is 42.6 Å². The highest BCUT2D eigenvalue weighted by Crippen LogP contribution is 2.28. The van der Waals surface area contributed by atoms with E-state index in [9.17, 15) is 14.4 Å². The first-order valence-corrected chi connectivity index (χ1v) is 9.11.